The Morgan fingerprint density at radius 1 is 1.04 bits per heavy atom. The van der Waals surface area contributed by atoms with Crippen LogP contribution in [0.3, 0.4) is 0 Å². The van der Waals surface area contributed by atoms with Crippen molar-refractivity contribution in [1.29, 1.82) is 0 Å². The molecule has 0 bridgehead atoms. The van der Waals surface area contributed by atoms with Crippen molar-refractivity contribution >= 4 is 21.6 Å². The van der Waals surface area contributed by atoms with Crippen molar-refractivity contribution in [2.45, 2.75) is 24.6 Å². The van der Waals surface area contributed by atoms with Crippen LogP contribution in [-0.4, -0.2) is 0 Å². The van der Waals surface area contributed by atoms with Gasteiger partial charge in [0.1, 0.15) is 0 Å². The first-order chi connectivity index (χ1) is 11.4. The zero-order valence-corrected chi connectivity index (χ0v) is 14.2. The van der Waals surface area contributed by atoms with Crippen LogP contribution in [0, 0.1) is 5.92 Å². The molecule has 124 valence electrons. The lowest BCUT2D eigenvalue weighted by atomic mass is 9.76. The van der Waals surface area contributed by atoms with Crippen LogP contribution in [0.4, 0.5) is 18.9 Å². The van der Waals surface area contributed by atoms with Gasteiger partial charge in [-0.15, -0.1) is 0 Å². The van der Waals surface area contributed by atoms with E-state index in [9.17, 15) is 13.2 Å². The van der Waals surface area contributed by atoms with E-state index < -0.39 is 11.7 Å². The molecule has 5 heteroatoms. The molecule has 4 rings (SSSR count). The molecule has 0 saturated carbocycles. The zero-order chi connectivity index (χ0) is 16.9. The van der Waals surface area contributed by atoms with Gasteiger partial charge in [0.25, 0.3) is 0 Å². The molecule has 2 aromatic carbocycles. The van der Waals surface area contributed by atoms with E-state index >= 15 is 0 Å². The van der Waals surface area contributed by atoms with Crippen LogP contribution in [0.1, 0.15) is 35.1 Å². The second-order valence-corrected chi connectivity index (χ2v) is 7.21. The number of hydrogen-bond donors (Lipinski definition) is 1. The Bertz CT molecular complexity index is 812. The summed E-state index contributed by atoms with van der Waals surface area (Å²) in [5.74, 6) is 0.236. The maximum atomic E-state index is 13.4. The van der Waals surface area contributed by atoms with Gasteiger partial charge in [0.05, 0.1) is 11.6 Å². The van der Waals surface area contributed by atoms with Crippen LogP contribution in [0.2, 0.25) is 0 Å². The topological polar surface area (TPSA) is 12.0 Å². The van der Waals surface area contributed by atoms with Crippen molar-refractivity contribution in [1.82, 2.24) is 0 Å². The first-order valence-corrected chi connectivity index (χ1v) is 8.63. The maximum Gasteiger partial charge on any atom is 0.416 e. The van der Waals surface area contributed by atoms with Crippen molar-refractivity contribution in [3.05, 3.63) is 75.8 Å². The van der Waals surface area contributed by atoms with Gasteiger partial charge in [0, 0.05) is 16.1 Å². The van der Waals surface area contributed by atoms with Crippen molar-refractivity contribution in [2.24, 2.45) is 5.92 Å². The fraction of sp³-hybridized carbons (Fsp3) is 0.263. The van der Waals surface area contributed by atoms with Gasteiger partial charge in [-0.2, -0.15) is 13.2 Å². The van der Waals surface area contributed by atoms with E-state index in [2.05, 4.69) is 39.5 Å². The molecule has 1 N–H and O–H groups in total. The van der Waals surface area contributed by atoms with Gasteiger partial charge in [-0.25, -0.2) is 0 Å². The number of nitrogens with one attached hydrogen (secondary N) is 1. The van der Waals surface area contributed by atoms with Gasteiger partial charge in [0.2, 0.25) is 0 Å². The summed E-state index contributed by atoms with van der Waals surface area (Å²) in [4.78, 5) is 0. The predicted octanol–water partition coefficient (Wildman–Crippen LogP) is 6.29. The quantitative estimate of drug-likeness (QED) is 0.561. The van der Waals surface area contributed by atoms with Gasteiger partial charge in [-0.05, 0) is 47.7 Å². The number of alkyl halides is 3. The molecule has 0 radical (unpaired) electrons. The summed E-state index contributed by atoms with van der Waals surface area (Å²) >= 11 is 3.48. The molecule has 1 aliphatic heterocycles. The molecule has 0 unspecified atom stereocenters. The van der Waals surface area contributed by atoms with Gasteiger partial charge >= 0.3 is 6.18 Å². The summed E-state index contributed by atoms with van der Waals surface area (Å²) in [6.45, 7) is 0. The summed E-state index contributed by atoms with van der Waals surface area (Å²) < 4.78 is 41.3. The van der Waals surface area contributed by atoms with Crippen molar-refractivity contribution in [2.75, 3.05) is 5.32 Å². The van der Waals surface area contributed by atoms with E-state index in [1.54, 1.807) is 12.1 Å². The Balaban J connectivity index is 1.83. The molecule has 0 spiro atoms. The smallest absolute Gasteiger partial charge is 0.378 e. The van der Waals surface area contributed by atoms with E-state index in [0.717, 1.165) is 22.1 Å². The van der Waals surface area contributed by atoms with E-state index in [4.69, 9.17) is 0 Å². The van der Waals surface area contributed by atoms with Crippen molar-refractivity contribution < 1.29 is 13.2 Å². The highest BCUT2D eigenvalue weighted by atomic mass is 79.9. The first-order valence-electron chi connectivity index (χ1n) is 7.84. The van der Waals surface area contributed by atoms with E-state index in [1.165, 1.54) is 12.1 Å². The maximum absolute atomic E-state index is 13.4. The molecular weight excluding hydrogens is 379 g/mol. The van der Waals surface area contributed by atoms with Crippen LogP contribution in [0.25, 0.3) is 0 Å². The third-order valence-electron chi connectivity index (χ3n) is 4.93. The molecule has 0 amide bonds. The second kappa shape index (κ2) is 5.66. The largest absolute Gasteiger partial charge is 0.416 e. The van der Waals surface area contributed by atoms with Crippen LogP contribution >= 0.6 is 15.9 Å². The van der Waals surface area contributed by atoms with Gasteiger partial charge in [-0.3, -0.25) is 0 Å². The monoisotopic (exact) mass is 393 g/mol. The number of halogens is 4. The lowest BCUT2D eigenvalue weighted by Crippen LogP contribution is -2.30. The zero-order valence-electron chi connectivity index (χ0n) is 12.6. The predicted molar refractivity (Wildman–Crippen MR) is 91.9 cm³/mol. The lowest BCUT2D eigenvalue weighted by Gasteiger charge is -2.38. The van der Waals surface area contributed by atoms with Crippen molar-refractivity contribution in [3.63, 3.8) is 0 Å². The number of benzene rings is 2. The summed E-state index contributed by atoms with van der Waals surface area (Å²) in [7, 11) is 0. The number of rotatable bonds is 1. The molecule has 1 aliphatic carbocycles. The highest BCUT2D eigenvalue weighted by molar-refractivity contribution is 9.10. The molecule has 3 atom stereocenters. The van der Waals surface area contributed by atoms with Gasteiger partial charge in [-0.1, -0.05) is 46.3 Å². The van der Waals surface area contributed by atoms with Crippen LogP contribution in [-0.2, 0) is 6.18 Å². The van der Waals surface area contributed by atoms with Crippen LogP contribution in [0.15, 0.2) is 59.1 Å². The Morgan fingerprint density at radius 2 is 1.83 bits per heavy atom. The molecule has 0 saturated heterocycles. The minimum Gasteiger partial charge on any atom is -0.378 e. The van der Waals surface area contributed by atoms with Gasteiger partial charge < -0.3 is 5.32 Å². The second-order valence-electron chi connectivity index (χ2n) is 6.29. The Hall–Kier alpha value is -1.75. The highest BCUT2D eigenvalue weighted by Crippen LogP contribution is 2.51. The highest BCUT2D eigenvalue weighted by Gasteiger charge is 2.42. The fourth-order valence-corrected chi connectivity index (χ4v) is 4.28. The summed E-state index contributed by atoms with van der Waals surface area (Å²) in [6, 6.07) is 11.5. The summed E-state index contributed by atoms with van der Waals surface area (Å²) in [5, 5.41) is 3.36. The molecule has 24 heavy (non-hydrogen) atoms. The molecule has 1 heterocycles. The van der Waals surface area contributed by atoms with E-state index in [-0.39, 0.29) is 17.9 Å². The van der Waals surface area contributed by atoms with Crippen molar-refractivity contribution in [3.8, 4) is 0 Å². The lowest BCUT2D eigenvalue weighted by molar-refractivity contribution is -0.138. The SMILES string of the molecule is FC(F)(F)c1ccccc1[C@@H]1Nc2ccc(Br)cc2[C@H]2C=CC[C@H]21. The Labute approximate surface area is 146 Å². The summed E-state index contributed by atoms with van der Waals surface area (Å²) in [6.07, 6.45) is 0.635. The number of fused-ring (bicyclic) bond motifs is 3. The Kier molecular flexibility index (Phi) is 3.71. The molecule has 0 fully saturated rings. The van der Waals surface area contributed by atoms with Crippen LogP contribution < -0.4 is 5.32 Å². The third-order valence-corrected chi connectivity index (χ3v) is 5.42. The molecular formula is C19H15BrF3N. The molecule has 2 aliphatic rings. The fourth-order valence-electron chi connectivity index (χ4n) is 3.90. The molecule has 2 aromatic rings. The van der Waals surface area contributed by atoms with Crippen LogP contribution in [0.5, 0.6) is 0 Å². The van der Waals surface area contributed by atoms with E-state index in [1.807, 2.05) is 12.1 Å². The standard InChI is InChI=1S/C19H15BrF3N/c20-11-8-9-17-15(10-11)12-5-3-6-13(12)18(24-17)14-4-1-2-7-16(14)19(21,22)23/h1-5,7-10,12-13,18,24H,6H2/t12-,13+,18+/m0/s1. The van der Waals surface area contributed by atoms with E-state index in [0.29, 0.717) is 5.56 Å². The third kappa shape index (κ3) is 2.55. The normalized spacial score (nSPS) is 25.1. The number of hydrogen-bond acceptors (Lipinski definition) is 1. The summed E-state index contributed by atoms with van der Waals surface area (Å²) in [5.41, 5.74) is 1.84. The molecule has 0 aromatic heterocycles. The number of anilines is 1. The first kappa shape index (κ1) is 15.8. The molecule has 1 nitrogen and oxygen atoms in total. The number of allylic oxidation sites excluding steroid dienone is 2. The average Bonchev–Trinajstić information content (AvgIpc) is 3.03. The van der Waals surface area contributed by atoms with Gasteiger partial charge in [0.15, 0.2) is 0 Å². The minimum absolute atomic E-state index is 0.0929. The minimum atomic E-state index is -4.35. The average molecular weight is 394 g/mol. The Morgan fingerprint density at radius 3 is 2.62 bits per heavy atom.